The van der Waals surface area contributed by atoms with Crippen LogP contribution in [0.15, 0.2) is 48.5 Å². The highest BCUT2D eigenvalue weighted by Crippen LogP contribution is 2.27. The molecule has 202 valence electrons. The van der Waals surface area contributed by atoms with Crippen LogP contribution in [0.5, 0.6) is 0 Å². The van der Waals surface area contributed by atoms with Gasteiger partial charge in [-0.15, -0.1) is 0 Å². The number of amides is 2. The second kappa shape index (κ2) is 11.3. The third-order valence-electron chi connectivity index (χ3n) is 6.62. The molecule has 0 bridgehead atoms. The van der Waals surface area contributed by atoms with E-state index in [4.69, 9.17) is 0 Å². The van der Waals surface area contributed by atoms with E-state index in [-0.39, 0.29) is 24.6 Å². The molecule has 0 saturated carbocycles. The van der Waals surface area contributed by atoms with Crippen molar-refractivity contribution in [2.75, 3.05) is 6.54 Å². The van der Waals surface area contributed by atoms with Crippen LogP contribution < -0.4 is 5.32 Å². The number of hydrogen-bond acceptors (Lipinski definition) is 4. The number of nitrogens with one attached hydrogen (secondary N) is 1. The molecule has 11 heteroatoms. The third-order valence-corrected chi connectivity index (χ3v) is 6.62. The van der Waals surface area contributed by atoms with Crippen molar-refractivity contribution in [3.05, 3.63) is 82.7 Å². The molecule has 3 atom stereocenters. The monoisotopic (exact) mass is 531 g/mol. The van der Waals surface area contributed by atoms with Gasteiger partial charge >= 0.3 is 0 Å². The van der Waals surface area contributed by atoms with Gasteiger partial charge in [-0.3, -0.25) is 14.3 Å². The van der Waals surface area contributed by atoms with E-state index in [1.807, 2.05) is 13.8 Å². The molecule has 1 fully saturated rings. The first-order valence-electron chi connectivity index (χ1n) is 12.3. The smallest absolute Gasteiger partial charge is 0.282 e. The van der Waals surface area contributed by atoms with Crippen LogP contribution >= 0.6 is 0 Å². The Kier molecular flexibility index (Phi) is 8.13. The average Bonchev–Trinajstić information content (AvgIpc) is 3.45. The van der Waals surface area contributed by atoms with E-state index in [0.29, 0.717) is 16.8 Å². The summed E-state index contributed by atoms with van der Waals surface area (Å²) < 4.78 is 56.3. The van der Waals surface area contributed by atoms with Gasteiger partial charge < -0.3 is 10.2 Å². The lowest BCUT2D eigenvalue weighted by Crippen LogP contribution is -2.48. The molecule has 2 amide bonds. The first-order valence-corrected chi connectivity index (χ1v) is 12.3. The second-order valence-corrected chi connectivity index (χ2v) is 9.69. The average molecular weight is 532 g/mol. The van der Waals surface area contributed by atoms with Gasteiger partial charge in [0.1, 0.15) is 24.5 Å². The molecule has 0 radical (unpaired) electrons. The van der Waals surface area contributed by atoms with Crippen molar-refractivity contribution in [2.45, 2.75) is 64.3 Å². The van der Waals surface area contributed by atoms with Crippen molar-refractivity contribution in [3.63, 3.8) is 0 Å². The largest absolute Gasteiger partial charge is 0.342 e. The van der Waals surface area contributed by atoms with E-state index < -0.39 is 54.7 Å². The third kappa shape index (κ3) is 5.87. The first kappa shape index (κ1) is 27.3. The number of pyridine rings is 1. The van der Waals surface area contributed by atoms with Crippen molar-refractivity contribution < 1.29 is 27.2 Å². The molecule has 7 nitrogen and oxygen atoms in total. The molecule has 3 unspecified atom stereocenters. The molecular formula is C27H29F4N5O2. The van der Waals surface area contributed by atoms with Crippen LogP contribution in [0.4, 0.5) is 17.6 Å². The predicted octanol–water partition coefficient (Wildman–Crippen LogP) is 4.63. The lowest BCUT2D eigenvalue weighted by molar-refractivity contribution is -0.139. The zero-order valence-electron chi connectivity index (χ0n) is 21.2. The van der Waals surface area contributed by atoms with Gasteiger partial charge in [-0.05, 0) is 30.5 Å². The number of carbonyl (C=O) groups is 2. The van der Waals surface area contributed by atoms with Crippen LogP contribution in [0.2, 0.25) is 0 Å². The fraction of sp³-hybridized carbons (Fsp3) is 0.407. The summed E-state index contributed by atoms with van der Waals surface area (Å²) >= 11 is 0. The topological polar surface area (TPSA) is 80.1 Å². The minimum atomic E-state index is -2.80. The SMILES string of the molecule is Cc1cc(C(F)F)nn1CC(=O)N1CC(F)CC1C(=O)NC(c1ccccc1)c1ccc(C(C)C)c(F)n1. The van der Waals surface area contributed by atoms with Crippen LogP contribution in [-0.2, 0) is 16.1 Å². The van der Waals surface area contributed by atoms with Gasteiger partial charge in [0.2, 0.25) is 17.8 Å². The molecule has 4 rings (SSSR count). The van der Waals surface area contributed by atoms with Crippen LogP contribution in [0.1, 0.15) is 66.9 Å². The van der Waals surface area contributed by atoms with Crippen molar-refractivity contribution in [1.82, 2.24) is 25.0 Å². The Morgan fingerprint density at radius 3 is 2.42 bits per heavy atom. The highest BCUT2D eigenvalue weighted by Gasteiger charge is 2.41. The van der Waals surface area contributed by atoms with Crippen molar-refractivity contribution in [1.29, 1.82) is 0 Å². The quantitative estimate of drug-likeness (QED) is 0.340. The Balaban J connectivity index is 1.57. The van der Waals surface area contributed by atoms with Crippen LogP contribution in [0.3, 0.4) is 0 Å². The number of aromatic nitrogens is 3. The van der Waals surface area contributed by atoms with Crippen LogP contribution in [-0.4, -0.2) is 50.2 Å². The van der Waals surface area contributed by atoms with E-state index in [1.165, 1.54) is 13.0 Å². The number of alkyl halides is 3. The summed E-state index contributed by atoms with van der Waals surface area (Å²) in [5.74, 6) is -1.99. The van der Waals surface area contributed by atoms with E-state index in [9.17, 15) is 27.2 Å². The summed E-state index contributed by atoms with van der Waals surface area (Å²) in [6, 6.07) is 11.2. The molecule has 1 saturated heterocycles. The predicted molar refractivity (Wildman–Crippen MR) is 132 cm³/mol. The summed E-state index contributed by atoms with van der Waals surface area (Å²) in [6.07, 6.45) is -4.47. The van der Waals surface area contributed by atoms with Crippen molar-refractivity contribution in [2.24, 2.45) is 0 Å². The maximum atomic E-state index is 14.7. The van der Waals surface area contributed by atoms with E-state index in [1.54, 1.807) is 42.5 Å². The van der Waals surface area contributed by atoms with E-state index >= 15 is 0 Å². The number of benzene rings is 1. The maximum Gasteiger partial charge on any atom is 0.282 e. The zero-order chi connectivity index (χ0) is 27.6. The molecule has 1 aliphatic heterocycles. The van der Waals surface area contributed by atoms with Gasteiger partial charge in [0.15, 0.2) is 0 Å². The molecule has 38 heavy (non-hydrogen) atoms. The lowest BCUT2D eigenvalue weighted by Gasteiger charge is -2.27. The van der Waals surface area contributed by atoms with Crippen LogP contribution in [0, 0.1) is 12.9 Å². The summed E-state index contributed by atoms with van der Waals surface area (Å²) in [6.45, 7) is 4.48. The van der Waals surface area contributed by atoms with E-state index in [2.05, 4.69) is 15.4 Å². The van der Waals surface area contributed by atoms with Gasteiger partial charge in [-0.25, -0.2) is 18.2 Å². The Hall–Kier alpha value is -3.76. The molecule has 1 aliphatic rings. The minimum absolute atomic E-state index is 0.0870. The molecule has 0 aliphatic carbocycles. The number of aryl methyl sites for hydroxylation is 1. The summed E-state index contributed by atoms with van der Waals surface area (Å²) in [5.41, 5.74) is 1.19. The summed E-state index contributed by atoms with van der Waals surface area (Å²) in [7, 11) is 0. The van der Waals surface area contributed by atoms with Gasteiger partial charge in [0.25, 0.3) is 6.43 Å². The number of hydrogen-bond donors (Lipinski definition) is 1. The van der Waals surface area contributed by atoms with Crippen molar-refractivity contribution >= 4 is 11.8 Å². The number of halogens is 4. The Labute approximate surface area is 217 Å². The Morgan fingerprint density at radius 1 is 1.11 bits per heavy atom. The number of likely N-dealkylation sites (tertiary alicyclic amines) is 1. The number of nitrogens with zero attached hydrogens (tertiary/aromatic N) is 4. The second-order valence-electron chi connectivity index (χ2n) is 9.69. The fourth-order valence-corrected chi connectivity index (χ4v) is 4.59. The minimum Gasteiger partial charge on any atom is -0.342 e. The van der Waals surface area contributed by atoms with Gasteiger partial charge in [0.05, 0.1) is 18.3 Å². The highest BCUT2D eigenvalue weighted by molar-refractivity contribution is 5.88. The van der Waals surface area contributed by atoms with E-state index in [0.717, 1.165) is 9.58 Å². The maximum absolute atomic E-state index is 14.7. The molecule has 1 N–H and O–H groups in total. The Morgan fingerprint density at radius 2 is 1.82 bits per heavy atom. The molecule has 0 spiro atoms. The lowest BCUT2D eigenvalue weighted by atomic mass is 9.99. The number of rotatable bonds is 8. The molecule has 2 aromatic heterocycles. The molecule has 3 aromatic rings. The summed E-state index contributed by atoms with van der Waals surface area (Å²) in [5, 5.41) is 6.56. The highest BCUT2D eigenvalue weighted by atomic mass is 19.3. The Bertz CT molecular complexity index is 1300. The molecule has 1 aromatic carbocycles. The summed E-state index contributed by atoms with van der Waals surface area (Å²) in [4.78, 5) is 31.7. The first-order chi connectivity index (χ1) is 18.0. The van der Waals surface area contributed by atoms with Crippen LogP contribution in [0.25, 0.3) is 0 Å². The molecule has 3 heterocycles. The fourth-order valence-electron chi connectivity index (χ4n) is 4.59. The standard InChI is InChI=1S/C27H29F4N5O2/c1-15(2)19-9-10-20(32-26(19)31)24(17-7-5-4-6-8-17)33-27(38)22-12-18(28)13-35(22)23(37)14-36-16(3)11-21(34-36)25(29)30/h4-11,15,18,22,24-25H,12-14H2,1-3H3,(H,33,38). The normalized spacial score (nSPS) is 18.3. The molecular weight excluding hydrogens is 502 g/mol. The van der Waals surface area contributed by atoms with Gasteiger partial charge in [0, 0.05) is 17.7 Å². The van der Waals surface area contributed by atoms with Gasteiger partial charge in [-0.1, -0.05) is 50.2 Å². The number of carbonyl (C=O) groups excluding carboxylic acids is 2. The zero-order valence-corrected chi connectivity index (χ0v) is 21.2. The van der Waals surface area contributed by atoms with Crippen molar-refractivity contribution in [3.8, 4) is 0 Å². The van der Waals surface area contributed by atoms with Gasteiger partial charge in [-0.2, -0.15) is 9.49 Å².